The lowest BCUT2D eigenvalue weighted by Gasteiger charge is -2.31. The first-order valence-electron chi connectivity index (χ1n) is 8.77. The van der Waals surface area contributed by atoms with Gasteiger partial charge in [-0.05, 0) is 18.4 Å². The molecule has 1 amide bonds. The number of nitrogens with zero attached hydrogens (tertiary/aromatic N) is 4. The molecule has 2 N–H and O–H groups in total. The summed E-state index contributed by atoms with van der Waals surface area (Å²) in [6.07, 6.45) is 6.43. The minimum Gasteiger partial charge on any atom is -0.395 e. The molecule has 0 spiro atoms. The highest BCUT2D eigenvalue weighted by atomic mass is 19.1. The van der Waals surface area contributed by atoms with Crippen molar-refractivity contribution in [1.29, 1.82) is 0 Å². The number of aliphatic hydroxyl groups excluding tert-OH is 1. The first-order valence-corrected chi connectivity index (χ1v) is 8.77. The Hall–Kier alpha value is -2.81. The minimum absolute atomic E-state index is 0.0926. The standard InChI is InChI=1S/C18H22FN5O3/c1-20-16(26)5-6-27-23-14-9-24(10-14)18-21-7-13(8-22-18)15-4-2-3-12(11-25)17(15)19/h3,7-8,25H,2,4-6,9-11H2,1H3,(H,20,26). The lowest BCUT2D eigenvalue weighted by molar-refractivity contribution is -0.121. The number of aromatic nitrogens is 2. The summed E-state index contributed by atoms with van der Waals surface area (Å²) in [5, 5.41) is 15.7. The van der Waals surface area contributed by atoms with Crippen LogP contribution < -0.4 is 10.2 Å². The summed E-state index contributed by atoms with van der Waals surface area (Å²) in [5.41, 5.74) is 2.32. The van der Waals surface area contributed by atoms with Crippen LogP contribution in [0.3, 0.4) is 0 Å². The number of amides is 1. The van der Waals surface area contributed by atoms with Crippen LogP contribution >= 0.6 is 0 Å². The SMILES string of the molecule is CNC(=O)CCON=C1CN(c2ncc(C3=C(F)C(CO)=CCC3)cn2)C1. The molecule has 0 unspecified atom stereocenters. The number of rotatable bonds is 7. The molecule has 1 aliphatic carbocycles. The highest BCUT2D eigenvalue weighted by molar-refractivity contribution is 5.98. The van der Waals surface area contributed by atoms with Crippen molar-refractivity contribution in [3.8, 4) is 0 Å². The topological polar surface area (TPSA) is 99.9 Å². The Morgan fingerprint density at radius 2 is 2.15 bits per heavy atom. The fraction of sp³-hybridized carbons (Fsp3) is 0.444. The smallest absolute Gasteiger partial charge is 0.225 e. The van der Waals surface area contributed by atoms with Gasteiger partial charge in [0.2, 0.25) is 11.9 Å². The van der Waals surface area contributed by atoms with Gasteiger partial charge in [0, 0.05) is 30.6 Å². The molecule has 0 radical (unpaired) electrons. The molecule has 2 aliphatic rings. The van der Waals surface area contributed by atoms with E-state index in [2.05, 4.69) is 20.4 Å². The van der Waals surface area contributed by atoms with Gasteiger partial charge in [0.15, 0.2) is 0 Å². The van der Waals surface area contributed by atoms with E-state index in [-0.39, 0.29) is 31.4 Å². The van der Waals surface area contributed by atoms with E-state index in [0.29, 0.717) is 48.6 Å². The van der Waals surface area contributed by atoms with Crippen molar-refractivity contribution >= 4 is 23.1 Å². The fourth-order valence-electron chi connectivity index (χ4n) is 2.82. The van der Waals surface area contributed by atoms with Gasteiger partial charge in [-0.1, -0.05) is 11.2 Å². The van der Waals surface area contributed by atoms with Crippen LogP contribution in [0.1, 0.15) is 24.8 Å². The molecule has 0 bridgehead atoms. The highest BCUT2D eigenvalue weighted by Gasteiger charge is 2.25. The number of oxime groups is 1. The molecular weight excluding hydrogens is 353 g/mol. The number of hydrogen-bond acceptors (Lipinski definition) is 7. The molecule has 1 aromatic heterocycles. The Labute approximate surface area is 156 Å². The Morgan fingerprint density at radius 3 is 2.81 bits per heavy atom. The third kappa shape index (κ3) is 4.48. The number of carbonyl (C=O) groups excluding carboxylic acids is 1. The molecule has 1 saturated heterocycles. The molecule has 0 atom stereocenters. The number of hydrogen-bond donors (Lipinski definition) is 2. The molecule has 2 heterocycles. The van der Waals surface area contributed by atoms with Gasteiger partial charge in [-0.2, -0.15) is 0 Å². The third-order valence-electron chi connectivity index (χ3n) is 4.41. The zero-order valence-corrected chi connectivity index (χ0v) is 15.1. The van der Waals surface area contributed by atoms with Gasteiger partial charge in [-0.3, -0.25) is 4.79 Å². The predicted octanol–water partition coefficient (Wildman–Crippen LogP) is 1.20. The fourth-order valence-corrected chi connectivity index (χ4v) is 2.82. The van der Waals surface area contributed by atoms with E-state index in [9.17, 15) is 14.3 Å². The van der Waals surface area contributed by atoms with Crippen LogP contribution in [0.15, 0.2) is 35.0 Å². The van der Waals surface area contributed by atoms with Crippen molar-refractivity contribution in [2.45, 2.75) is 19.3 Å². The highest BCUT2D eigenvalue weighted by Crippen LogP contribution is 2.33. The lowest BCUT2D eigenvalue weighted by atomic mass is 9.94. The summed E-state index contributed by atoms with van der Waals surface area (Å²) in [7, 11) is 1.57. The third-order valence-corrected chi connectivity index (χ3v) is 4.41. The Kier molecular flexibility index (Phi) is 6.12. The van der Waals surface area contributed by atoms with E-state index in [0.717, 1.165) is 5.71 Å². The van der Waals surface area contributed by atoms with Gasteiger partial charge in [0.1, 0.15) is 12.4 Å². The molecule has 3 rings (SSSR count). The monoisotopic (exact) mass is 375 g/mol. The zero-order valence-electron chi connectivity index (χ0n) is 15.1. The first kappa shape index (κ1) is 19.0. The average Bonchev–Trinajstić information content (AvgIpc) is 2.66. The maximum absolute atomic E-state index is 14.3. The molecule has 1 aromatic rings. The van der Waals surface area contributed by atoms with Gasteiger partial charge >= 0.3 is 0 Å². The maximum atomic E-state index is 14.3. The first-order chi connectivity index (χ1) is 13.1. The van der Waals surface area contributed by atoms with E-state index in [1.165, 1.54) is 0 Å². The summed E-state index contributed by atoms with van der Waals surface area (Å²) >= 11 is 0. The molecule has 27 heavy (non-hydrogen) atoms. The van der Waals surface area contributed by atoms with Crippen LogP contribution in [0.4, 0.5) is 10.3 Å². The van der Waals surface area contributed by atoms with Gasteiger partial charge in [-0.15, -0.1) is 0 Å². The Bertz CT molecular complexity index is 781. The second kappa shape index (κ2) is 8.72. The number of anilines is 1. The number of carbonyl (C=O) groups is 1. The van der Waals surface area contributed by atoms with Crippen LogP contribution in [0.25, 0.3) is 5.57 Å². The molecule has 0 saturated carbocycles. The molecule has 0 aromatic carbocycles. The van der Waals surface area contributed by atoms with Gasteiger partial charge in [0.05, 0.1) is 31.8 Å². The molecule has 144 valence electrons. The summed E-state index contributed by atoms with van der Waals surface area (Å²) in [5.74, 6) is 0.0650. The van der Waals surface area contributed by atoms with Crippen LogP contribution in [-0.2, 0) is 9.63 Å². The van der Waals surface area contributed by atoms with Crippen molar-refractivity contribution < 1.29 is 19.1 Å². The van der Waals surface area contributed by atoms with Crippen molar-refractivity contribution in [3.63, 3.8) is 0 Å². The molecular formula is C18H22FN5O3. The Balaban J connectivity index is 1.54. The van der Waals surface area contributed by atoms with Gasteiger partial charge < -0.3 is 20.2 Å². The van der Waals surface area contributed by atoms with E-state index in [4.69, 9.17) is 4.84 Å². The molecule has 1 aliphatic heterocycles. The summed E-state index contributed by atoms with van der Waals surface area (Å²) in [6, 6.07) is 0. The van der Waals surface area contributed by atoms with Crippen molar-refractivity contribution in [2.75, 3.05) is 38.3 Å². The van der Waals surface area contributed by atoms with Gasteiger partial charge in [-0.25, -0.2) is 14.4 Å². The minimum atomic E-state index is -0.382. The summed E-state index contributed by atoms with van der Waals surface area (Å²) in [4.78, 5) is 26.7. The quantitative estimate of drug-likeness (QED) is 0.549. The predicted molar refractivity (Wildman–Crippen MR) is 98.7 cm³/mol. The second-order valence-electron chi connectivity index (χ2n) is 6.26. The van der Waals surface area contributed by atoms with Crippen LogP contribution in [0, 0.1) is 0 Å². The molecule has 1 fully saturated rings. The summed E-state index contributed by atoms with van der Waals surface area (Å²) in [6.45, 7) is 1.02. The van der Waals surface area contributed by atoms with Crippen LogP contribution in [0.5, 0.6) is 0 Å². The van der Waals surface area contributed by atoms with Crippen LogP contribution in [0.2, 0.25) is 0 Å². The van der Waals surface area contributed by atoms with E-state index >= 15 is 0 Å². The number of allylic oxidation sites excluding steroid dienone is 2. The Morgan fingerprint density at radius 1 is 1.41 bits per heavy atom. The van der Waals surface area contributed by atoms with Crippen molar-refractivity contribution in [1.82, 2.24) is 15.3 Å². The largest absolute Gasteiger partial charge is 0.395 e. The zero-order chi connectivity index (χ0) is 19.2. The average molecular weight is 375 g/mol. The van der Waals surface area contributed by atoms with E-state index < -0.39 is 0 Å². The van der Waals surface area contributed by atoms with E-state index in [1.54, 1.807) is 25.5 Å². The van der Waals surface area contributed by atoms with E-state index in [1.807, 2.05) is 4.90 Å². The number of aliphatic hydroxyl groups is 1. The second-order valence-corrected chi connectivity index (χ2v) is 6.26. The molecule has 9 heteroatoms. The summed E-state index contributed by atoms with van der Waals surface area (Å²) < 4.78 is 14.3. The maximum Gasteiger partial charge on any atom is 0.225 e. The number of halogens is 1. The molecule has 8 nitrogen and oxygen atoms in total. The number of nitrogens with one attached hydrogen (secondary N) is 1. The van der Waals surface area contributed by atoms with Crippen molar-refractivity contribution in [3.05, 3.63) is 35.4 Å². The van der Waals surface area contributed by atoms with Gasteiger partial charge in [0.25, 0.3) is 0 Å². The lowest BCUT2D eigenvalue weighted by Crippen LogP contribution is -2.48. The van der Waals surface area contributed by atoms with Crippen molar-refractivity contribution in [2.24, 2.45) is 5.16 Å². The van der Waals surface area contributed by atoms with Crippen LogP contribution in [-0.4, -0.2) is 60.0 Å². The normalized spacial score (nSPS) is 16.6.